The maximum absolute atomic E-state index is 13.1. The summed E-state index contributed by atoms with van der Waals surface area (Å²) in [5.74, 6) is 0. The maximum atomic E-state index is 13.1. The summed E-state index contributed by atoms with van der Waals surface area (Å²) in [5.41, 5.74) is 1.21. The number of hydrogen-bond acceptors (Lipinski definition) is 5. The molecular weight excluding hydrogens is 376 g/mol. The van der Waals surface area contributed by atoms with Crippen molar-refractivity contribution in [3.63, 3.8) is 0 Å². The van der Waals surface area contributed by atoms with Gasteiger partial charge in [0.15, 0.2) is 5.65 Å². The van der Waals surface area contributed by atoms with Crippen LogP contribution in [0.3, 0.4) is 0 Å². The van der Waals surface area contributed by atoms with Crippen LogP contribution in [0.4, 0.5) is 0 Å². The Hall–Kier alpha value is -2.71. The predicted molar refractivity (Wildman–Crippen MR) is 97.5 cm³/mol. The molecule has 26 heavy (non-hydrogen) atoms. The van der Waals surface area contributed by atoms with Gasteiger partial charge in [0.1, 0.15) is 0 Å². The smallest absolute Gasteiger partial charge is 0.267 e. The van der Waals surface area contributed by atoms with Crippen LogP contribution in [-0.4, -0.2) is 28.2 Å². The van der Waals surface area contributed by atoms with E-state index in [2.05, 4.69) is 15.3 Å². The molecule has 0 unspecified atom stereocenters. The van der Waals surface area contributed by atoms with Crippen molar-refractivity contribution >= 4 is 38.0 Å². The van der Waals surface area contributed by atoms with Gasteiger partial charge in [0.2, 0.25) is 14.9 Å². The van der Waals surface area contributed by atoms with Crippen molar-refractivity contribution in [2.45, 2.75) is 23.8 Å². The number of para-hydroxylation sites is 1. The van der Waals surface area contributed by atoms with Gasteiger partial charge in [0.05, 0.1) is 20.8 Å². The van der Waals surface area contributed by atoms with Crippen LogP contribution < -0.4 is 5.56 Å². The average molecular weight is 389 g/mol. The molecule has 2 heterocycles. The third-order valence-corrected chi connectivity index (χ3v) is 6.30. The normalized spacial score (nSPS) is 12.1. The number of aromatic amines is 1. The second kappa shape index (κ2) is 5.65. The van der Waals surface area contributed by atoms with Gasteiger partial charge in [0, 0.05) is 0 Å². The van der Waals surface area contributed by atoms with Crippen LogP contribution in [0.25, 0.3) is 16.6 Å². The van der Waals surface area contributed by atoms with E-state index in [4.69, 9.17) is 11.6 Å². The summed E-state index contributed by atoms with van der Waals surface area (Å²) in [6, 6.07) is 9.81. The molecule has 7 nitrogen and oxygen atoms in total. The van der Waals surface area contributed by atoms with Crippen molar-refractivity contribution in [3.05, 3.63) is 62.9 Å². The number of benzene rings is 2. The fourth-order valence-corrected chi connectivity index (χ4v) is 4.73. The molecule has 1 N–H and O–H groups in total. The van der Waals surface area contributed by atoms with E-state index in [1.165, 1.54) is 10.6 Å². The number of aromatic nitrogens is 4. The highest BCUT2D eigenvalue weighted by atomic mass is 35.5. The Labute approximate surface area is 153 Å². The lowest BCUT2D eigenvalue weighted by Crippen LogP contribution is -2.12. The molecule has 2 aromatic carbocycles. The van der Waals surface area contributed by atoms with Crippen LogP contribution in [0, 0.1) is 13.8 Å². The van der Waals surface area contributed by atoms with E-state index in [0.29, 0.717) is 11.1 Å². The number of fused-ring (bicyclic) bond motifs is 3. The lowest BCUT2D eigenvalue weighted by molar-refractivity contribution is 0.592. The Morgan fingerprint density at radius 1 is 1.15 bits per heavy atom. The molecule has 0 atom stereocenters. The zero-order chi connectivity index (χ0) is 18.6. The minimum atomic E-state index is -3.98. The van der Waals surface area contributed by atoms with Crippen LogP contribution >= 0.6 is 11.6 Å². The van der Waals surface area contributed by atoms with Crippen LogP contribution in [0.2, 0.25) is 5.02 Å². The Morgan fingerprint density at radius 2 is 1.92 bits per heavy atom. The highest BCUT2D eigenvalue weighted by Crippen LogP contribution is 2.27. The number of H-pyrrole nitrogens is 1. The van der Waals surface area contributed by atoms with Gasteiger partial charge in [-0.3, -0.25) is 4.79 Å². The number of nitrogens with one attached hydrogen (secondary N) is 1. The number of halogens is 1. The molecule has 0 aliphatic rings. The van der Waals surface area contributed by atoms with E-state index in [1.807, 2.05) is 6.92 Å². The minimum Gasteiger partial charge on any atom is -0.267 e. The Bertz CT molecular complexity index is 1360. The molecule has 0 aliphatic heterocycles. The largest absolute Gasteiger partial charge is 0.281 e. The molecular formula is C17H13ClN4O3S. The third-order valence-electron chi connectivity index (χ3n) is 4.18. The van der Waals surface area contributed by atoms with E-state index in [1.54, 1.807) is 37.3 Å². The Kier molecular flexibility index (Phi) is 3.64. The van der Waals surface area contributed by atoms with Gasteiger partial charge in [-0.1, -0.05) is 35.4 Å². The van der Waals surface area contributed by atoms with E-state index in [9.17, 15) is 13.2 Å². The lowest BCUT2D eigenvalue weighted by atomic mass is 10.2. The van der Waals surface area contributed by atoms with Crippen molar-refractivity contribution < 1.29 is 8.42 Å². The number of rotatable bonds is 2. The number of hydrogen-bond donors (Lipinski definition) is 1. The van der Waals surface area contributed by atoms with Gasteiger partial charge in [-0.25, -0.2) is 18.1 Å². The Morgan fingerprint density at radius 3 is 2.65 bits per heavy atom. The third kappa shape index (κ3) is 2.33. The summed E-state index contributed by atoms with van der Waals surface area (Å²) < 4.78 is 27.5. The van der Waals surface area contributed by atoms with Gasteiger partial charge < -0.3 is 0 Å². The molecule has 0 fully saturated rings. The van der Waals surface area contributed by atoms with Gasteiger partial charge in [0.25, 0.3) is 5.56 Å². The second-order valence-corrected chi connectivity index (χ2v) is 8.24. The first-order valence-electron chi connectivity index (χ1n) is 7.68. The van der Waals surface area contributed by atoms with E-state index in [-0.39, 0.29) is 26.0 Å². The summed E-state index contributed by atoms with van der Waals surface area (Å²) in [6.45, 7) is 3.59. The van der Waals surface area contributed by atoms with E-state index < -0.39 is 15.4 Å². The van der Waals surface area contributed by atoms with Gasteiger partial charge in [-0.2, -0.15) is 4.98 Å². The van der Waals surface area contributed by atoms with Crippen molar-refractivity contribution in [1.29, 1.82) is 0 Å². The minimum absolute atomic E-state index is 0.0874. The summed E-state index contributed by atoms with van der Waals surface area (Å²) >= 11 is 6.21. The van der Waals surface area contributed by atoms with Crippen molar-refractivity contribution in [2.24, 2.45) is 0 Å². The van der Waals surface area contributed by atoms with Gasteiger partial charge in [-0.05, 0) is 37.6 Å². The SMILES string of the molecule is Cc1ccc(S(=O)(=O)c2n[nH]n3c2nc(=O)c2cccc(Cl)c23)c(C)c1. The first-order chi connectivity index (χ1) is 12.3. The summed E-state index contributed by atoms with van der Waals surface area (Å²) in [5, 5.41) is 6.78. The molecule has 0 bridgehead atoms. The topological polar surface area (TPSA) is 97.2 Å². The quantitative estimate of drug-likeness (QED) is 0.569. The molecule has 0 saturated carbocycles. The molecule has 0 spiro atoms. The average Bonchev–Trinajstić information content (AvgIpc) is 2.99. The first kappa shape index (κ1) is 16.7. The second-order valence-electron chi connectivity index (χ2n) is 6.00. The zero-order valence-corrected chi connectivity index (χ0v) is 15.4. The fourth-order valence-electron chi connectivity index (χ4n) is 3.00. The van der Waals surface area contributed by atoms with Crippen molar-refractivity contribution in [3.8, 4) is 0 Å². The molecule has 4 rings (SSSR count). The monoisotopic (exact) mass is 388 g/mol. The van der Waals surface area contributed by atoms with Gasteiger partial charge in [-0.15, -0.1) is 5.10 Å². The standard InChI is InChI=1S/C17H13ClN4O3S/c1-9-6-7-13(10(2)8-9)26(24,25)17-15-19-16(23)11-4-3-5-12(18)14(11)22(15)21-20-17/h3-8,21H,1-2H3. The lowest BCUT2D eigenvalue weighted by Gasteiger charge is -2.07. The fraction of sp³-hybridized carbons (Fsp3) is 0.118. The summed E-state index contributed by atoms with van der Waals surface area (Å²) in [7, 11) is -3.98. The molecule has 9 heteroatoms. The molecule has 0 aliphatic carbocycles. The maximum Gasteiger partial charge on any atom is 0.281 e. The number of sulfone groups is 1. The van der Waals surface area contributed by atoms with E-state index in [0.717, 1.165) is 5.56 Å². The first-order valence-corrected chi connectivity index (χ1v) is 9.54. The van der Waals surface area contributed by atoms with Crippen LogP contribution in [-0.2, 0) is 9.84 Å². The van der Waals surface area contributed by atoms with Crippen LogP contribution in [0.1, 0.15) is 11.1 Å². The molecule has 2 aromatic heterocycles. The highest BCUT2D eigenvalue weighted by Gasteiger charge is 2.28. The predicted octanol–water partition coefficient (Wildman–Crippen LogP) is 2.67. The molecule has 132 valence electrons. The van der Waals surface area contributed by atoms with Crippen molar-refractivity contribution in [1.82, 2.24) is 19.8 Å². The van der Waals surface area contributed by atoms with Crippen LogP contribution in [0.5, 0.6) is 0 Å². The number of nitrogens with zero attached hydrogens (tertiary/aromatic N) is 3. The summed E-state index contributed by atoms with van der Waals surface area (Å²) in [4.78, 5) is 16.4. The molecule has 0 saturated heterocycles. The number of aryl methyl sites for hydroxylation is 2. The van der Waals surface area contributed by atoms with E-state index >= 15 is 0 Å². The molecule has 4 aromatic rings. The summed E-state index contributed by atoms with van der Waals surface area (Å²) in [6.07, 6.45) is 0. The highest BCUT2D eigenvalue weighted by molar-refractivity contribution is 7.91. The Balaban J connectivity index is 2.09. The van der Waals surface area contributed by atoms with Gasteiger partial charge >= 0.3 is 0 Å². The molecule has 0 amide bonds. The zero-order valence-electron chi connectivity index (χ0n) is 13.8. The van der Waals surface area contributed by atoms with Crippen LogP contribution in [0.15, 0.2) is 51.1 Å². The van der Waals surface area contributed by atoms with Crippen molar-refractivity contribution in [2.75, 3.05) is 0 Å². The molecule has 0 radical (unpaired) electrons.